The molecule has 0 spiro atoms. The number of halogens is 2. The van der Waals surface area contributed by atoms with E-state index in [1.54, 1.807) is 11.9 Å². The number of benzene rings is 1. The zero-order valence-corrected chi connectivity index (χ0v) is 17.3. The highest BCUT2D eigenvalue weighted by Crippen LogP contribution is 2.26. The van der Waals surface area contributed by atoms with Gasteiger partial charge in [-0.1, -0.05) is 13.0 Å². The normalized spacial score (nSPS) is 22.7. The van der Waals surface area contributed by atoms with Crippen LogP contribution >= 0.6 is 0 Å². The molecule has 29 heavy (non-hydrogen) atoms. The summed E-state index contributed by atoms with van der Waals surface area (Å²) in [4.78, 5) is 20.2. The molecule has 2 aliphatic rings. The number of likely N-dealkylation sites (tertiary alicyclic amines) is 1. The van der Waals surface area contributed by atoms with Gasteiger partial charge in [-0.3, -0.25) is 9.79 Å². The Morgan fingerprint density at radius 2 is 1.97 bits per heavy atom. The lowest BCUT2D eigenvalue weighted by Gasteiger charge is -2.31. The SMILES string of the molecule is CN=C(NCCC(=O)N1CCCC(C)C1)NC1CCN(c2c(F)cccc2F)C1. The van der Waals surface area contributed by atoms with Gasteiger partial charge in [0, 0.05) is 52.2 Å². The van der Waals surface area contributed by atoms with Crippen molar-refractivity contribution >= 4 is 17.6 Å². The van der Waals surface area contributed by atoms with Crippen molar-refractivity contribution in [1.82, 2.24) is 15.5 Å². The van der Waals surface area contributed by atoms with Crippen LogP contribution < -0.4 is 15.5 Å². The number of hydrogen-bond acceptors (Lipinski definition) is 3. The summed E-state index contributed by atoms with van der Waals surface area (Å²) in [5, 5.41) is 6.47. The van der Waals surface area contributed by atoms with Gasteiger partial charge in [0.15, 0.2) is 5.96 Å². The maximum atomic E-state index is 14.0. The number of piperidine rings is 1. The van der Waals surface area contributed by atoms with E-state index in [1.165, 1.54) is 24.6 Å². The summed E-state index contributed by atoms with van der Waals surface area (Å²) in [6.45, 7) is 5.43. The molecule has 2 unspecified atom stereocenters. The Labute approximate surface area is 171 Å². The van der Waals surface area contributed by atoms with Crippen molar-refractivity contribution in [3.63, 3.8) is 0 Å². The molecule has 0 radical (unpaired) electrons. The molecule has 8 heteroatoms. The molecule has 2 heterocycles. The summed E-state index contributed by atoms with van der Waals surface area (Å²) in [7, 11) is 1.67. The van der Waals surface area contributed by atoms with Crippen LogP contribution in [-0.2, 0) is 4.79 Å². The minimum atomic E-state index is -0.543. The minimum absolute atomic E-state index is 0.0267. The second-order valence-corrected chi connectivity index (χ2v) is 7.98. The first-order valence-electron chi connectivity index (χ1n) is 10.4. The second-order valence-electron chi connectivity index (χ2n) is 7.98. The third-order valence-corrected chi connectivity index (χ3v) is 5.65. The fourth-order valence-corrected chi connectivity index (χ4v) is 4.12. The molecule has 0 aliphatic carbocycles. The number of aliphatic imine (C=N–C) groups is 1. The van der Waals surface area contributed by atoms with Crippen molar-refractivity contribution in [2.24, 2.45) is 10.9 Å². The standard InChI is InChI=1S/C21H31F2N5O/c1-15-5-4-11-27(13-15)19(29)8-10-25-21(24-2)26-16-9-12-28(14-16)20-17(22)6-3-7-18(20)23/h3,6-7,15-16H,4-5,8-14H2,1-2H3,(H2,24,25,26). The Hall–Kier alpha value is -2.38. The predicted octanol–water partition coefficient (Wildman–Crippen LogP) is 2.36. The van der Waals surface area contributed by atoms with Crippen LogP contribution in [0.25, 0.3) is 0 Å². The van der Waals surface area contributed by atoms with E-state index in [1.807, 2.05) is 4.90 Å². The monoisotopic (exact) mass is 407 g/mol. The first kappa shape index (κ1) is 21.3. The van der Waals surface area contributed by atoms with Crippen molar-refractivity contribution < 1.29 is 13.6 Å². The first-order chi connectivity index (χ1) is 14.0. The second kappa shape index (κ2) is 9.89. The van der Waals surface area contributed by atoms with Crippen LogP contribution in [0.2, 0.25) is 0 Å². The molecule has 160 valence electrons. The van der Waals surface area contributed by atoms with Crippen molar-refractivity contribution in [3.05, 3.63) is 29.8 Å². The molecule has 1 aromatic carbocycles. The van der Waals surface area contributed by atoms with Crippen LogP contribution in [0.1, 0.15) is 32.6 Å². The van der Waals surface area contributed by atoms with E-state index in [0.29, 0.717) is 37.9 Å². The van der Waals surface area contributed by atoms with E-state index in [4.69, 9.17) is 0 Å². The molecule has 2 saturated heterocycles. The van der Waals surface area contributed by atoms with Gasteiger partial charge in [0.1, 0.15) is 17.3 Å². The number of para-hydroxylation sites is 1. The van der Waals surface area contributed by atoms with Crippen LogP contribution in [0.15, 0.2) is 23.2 Å². The van der Waals surface area contributed by atoms with Gasteiger partial charge < -0.3 is 20.4 Å². The zero-order chi connectivity index (χ0) is 20.8. The molecule has 0 saturated carbocycles. The van der Waals surface area contributed by atoms with Crippen LogP contribution in [0.4, 0.5) is 14.5 Å². The Morgan fingerprint density at radius 1 is 1.21 bits per heavy atom. The molecule has 0 bridgehead atoms. The lowest BCUT2D eigenvalue weighted by atomic mass is 10.00. The van der Waals surface area contributed by atoms with Gasteiger partial charge in [-0.2, -0.15) is 0 Å². The molecule has 6 nitrogen and oxygen atoms in total. The number of carbonyl (C=O) groups excluding carboxylic acids is 1. The van der Waals surface area contributed by atoms with Gasteiger partial charge >= 0.3 is 0 Å². The lowest BCUT2D eigenvalue weighted by Crippen LogP contribution is -2.46. The molecular formula is C21H31F2N5O. The van der Waals surface area contributed by atoms with Gasteiger partial charge in [-0.05, 0) is 37.3 Å². The molecule has 3 rings (SSSR count). The molecular weight excluding hydrogens is 376 g/mol. The summed E-state index contributed by atoms with van der Waals surface area (Å²) in [5.74, 6) is 0.254. The average Bonchev–Trinajstić information content (AvgIpc) is 3.15. The van der Waals surface area contributed by atoms with E-state index >= 15 is 0 Å². The van der Waals surface area contributed by atoms with Crippen LogP contribution in [-0.4, -0.2) is 62.6 Å². The molecule has 0 aromatic heterocycles. The van der Waals surface area contributed by atoms with Gasteiger partial charge in [-0.25, -0.2) is 8.78 Å². The molecule has 2 N–H and O–H groups in total. The van der Waals surface area contributed by atoms with Crippen molar-refractivity contribution in [2.75, 3.05) is 44.7 Å². The Balaban J connectivity index is 1.44. The predicted molar refractivity (Wildman–Crippen MR) is 111 cm³/mol. The van der Waals surface area contributed by atoms with E-state index in [-0.39, 0.29) is 17.6 Å². The number of hydrogen-bond donors (Lipinski definition) is 2. The Kier molecular flexibility index (Phi) is 7.28. The summed E-state index contributed by atoms with van der Waals surface area (Å²) < 4.78 is 28.0. The summed E-state index contributed by atoms with van der Waals surface area (Å²) >= 11 is 0. The highest BCUT2D eigenvalue weighted by Gasteiger charge is 2.27. The van der Waals surface area contributed by atoms with Crippen LogP contribution in [0, 0.1) is 17.6 Å². The van der Waals surface area contributed by atoms with Crippen molar-refractivity contribution in [1.29, 1.82) is 0 Å². The van der Waals surface area contributed by atoms with Gasteiger partial charge in [0.25, 0.3) is 0 Å². The van der Waals surface area contributed by atoms with Crippen molar-refractivity contribution in [3.8, 4) is 0 Å². The number of anilines is 1. The van der Waals surface area contributed by atoms with Crippen LogP contribution in [0.5, 0.6) is 0 Å². The number of amides is 1. The van der Waals surface area contributed by atoms with Gasteiger partial charge in [-0.15, -0.1) is 0 Å². The highest BCUT2D eigenvalue weighted by molar-refractivity contribution is 5.81. The lowest BCUT2D eigenvalue weighted by molar-refractivity contribution is -0.132. The third kappa shape index (κ3) is 5.58. The molecule has 2 fully saturated rings. The number of guanidine groups is 1. The number of nitrogens with one attached hydrogen (secondary N) is 2. The fourth-order valence-electron chi connectivity index (χ4n) is 4.12. The van der Waals surface area contributed by atoms with Gasteiger partial charge in [0.2, 0.25) is 5.91 Å². The molecule has 2 aliphatic heterocycles. The third-order valence-electron chi connectivity index (χ3n) is 5.65. The maximum absolute atomic E-state index is 14.0. The summed E-state index contributed by atoms with van der Waals surface area (Å²) in [5.41, 5.74) is 0.0288. The first-order valence-corrected chi connectivity index (χ1v) is 10.4. The number of nitrogens with zero attached hydrogens (tertiary/aromatic N) is 3. The molecule has 1 aromatic rings. The fraction of sp³-hybridized carbons (Fsp3) is 0.619. The molecule has 2 atom stereocenters. The van der Waals surface area contributed by atoms with Crippen molar-refractivity contribution in [2.45, 2.75) is 38.6 Å². The van der Waals surface area contributed by atoms with E-state index in [9.17, 15) is 13.6 Å². The Morgan fingerprint density at radius 3 is 2.66 bits per heavy atom. The number of rotatable bonds is 5. The van der Waals surface area contributed by atoms with E-state index < -0.39 is 11.6 Å². The minimum Gasteiger partial charge on any atom is -0.365 e. The number of carbonyl (C=O) groups is 1. The Bertz CT molecular complexity index is 722. The topological polar surface area (TPSA) is 60.0 Å². The van der Waals surface area contributed by atoms with Gasteiger partial charge in [0.05, 0.1) is 0 Å². The summed E-state index contributed by atoms with van der Waals surface area (Å²) in [6.07, 6.45) is 3.43. The quantitative estimate of drug-likeness (QED) is 0.581. The highest BCUT2D eigenvalue weighted by atomic mass is 19.1. The average molecular weight is 408 g/mol. The van der Waals surface area contributed by atoms with E-state index in [0.717, 1.165) is 25.9 Å². The maximum Gasteiger partial charge on any atom is 0.224 e. The van der Waals surface area contributed by atoms with E-state index in [2.05, 4.69) is 22.5 Å². The van der Waals surface area contributed by atoms with Crippen LogP contribution in [0.3, 0.4) is 0 Å². The summed E-state index contributed by atoms with van der Waals surface area (Å²) in [6, 6.07) is 3.95. The largest absolute Gasteiger partial charge is 0.365 e. The zero-order valence-electron chi connectivity index (χ0n) is 17.3. The molecule has 1 amide bonds. The smallest absolute Gasteiger partial charge is 0.224 e.